The van der Waals surface area contributed by atoms with Crippen molar-refractivity contribution in [3.05, 3.63) is 0 Å². The molecule has 0 aromatic heterocycles. The second-order valence-corrected chi connectivity index (χ2v) is 4.53. The summed E-state index contributed by atoms with van der Waals surface area (Å²) >= 11 is 0. The largest absolute Gasteiger partial charge is 0.481 e. The van der Waals surface area contributed by atoms with Crippen molar-refractivity contribution in [3.8, 4) is 0 Å². The summed E-state index contributed by atoms with van der Waals surface area (Å²) in [6.45, 7) is 2.70. The molecule has 3 nitrogen and oxygen atoms in total. The number of ether oxygens (including phenoxy) is 1. The zero-order valence-electron chi connectivity index (χ0n) is 9.08. The molecule has 1 aliphatic rings. The third-order valence-electron chi connectivity index (χ3n) is 3.33. The summed E-state index contributed by atoms with van der Waals surface area (Å²) in [6.07, 6.45) is 4.49. The van der Waals surface area contributed by atoms with E-state index in [2.05, 4.69) is 6.92 Å². The van der Waals surface area contributed by atoms with Gasteiger partial charge in [0.25, 0.3) is 0 Å². The van der Waals surface area contributed by atoms with Gasteiger partial charge >= 0.3 is 5.97 Å². The maximum Gasteiger partial charge on any atom is 0.309 e. The molecule has 14 heavy (non-hydrogen) atoms. The van der Waals surface area contributed by atoms with E-state index >= 15 is 0 Å². The molecular formula is C11H20O3. The van der Waals surface area contributed by atoms with Gasteiger partial charge in [0.1, 0.15) is 0 Å². The first-order valence-electron chi connectivity index (χ1n) is 5.33. The average molecular weight is 200 g/mol. The Morgan fingerprint density at radius 3 is 2.86 bits per heavy atom. The van der Waals surface area contributed by atoms with Crippen LogP contribution >= 0.6 is 0 Å². The van der Waals surface area contributed by atoms with E-state index in [1.54, 1.807) is 7.11 Å². The minimum Gasteiger partial charge on any atom is -0.481 e. The average Bonchev–Trinajstić information content (AvgIpc) is 2.14. The van der Waals surface area contributed by atoms with Gasteiger partial charge in [0, 0.05) is 13.7 Å². The van der Waals surface area contributed by atoms with Gasteiger partial charge in [-0.05, 0) is 25.2 Å². The first kappa shape index (κ1) is 11.5. The third-order valence-corrected chi connectivity index (χ3v) is 3.33. The van der Waals surface area contributed by atoms with Crippen LogP contribution in [-0.4, -0.2) is 24.8 Å². The SMILES string of the molecule is COCCC1(C(=O)O)CCCC(C)C1. The van der Waals surface area contributed by atoms with E-state index in [1.807, 2.05) is 0 Å². The lowest BCUT2D eigenvalue weighted by atomic mass is 9.68. The van der Waals surface area contributed by atoms with Crippen LogP contribution < -0.4 is 0 Å². The highest BCUT2D eigenvalue weighted by molar-refractivity contribution is 5.74. The fourth-order valence-electron chi connectivity index (χ4n) is 2.49. The predicted octanol–water partition coefficient (Wildman–Crippen LogP) is 2.30. The summed E-state index contributed by atoms with van der Waals surface area (Å²) in [5.41, 5.74) is -0.506. The van der Waals surface area contributed by atoms with Gasteiger partial charge in [-0.1, -0.05) is 19.8 Å². The maximum atomic E-state index is 11.3. The van der Waals surface area contributed by atoms with E-state index in [0.29, 0.717) is 18.9 Å². The molecule has 1 N–H and O–H groups in total. The molecule has 0 aromatic rings. The molecule has 3 heteroatoms. The van der Waals surface area contributed by atoms with Crippen LogP contribution in [0.25, 0.3) is 0 Å². The molecule has 0 amide bonds. The molecule has 0 heterocycles. The van der Waals surface area contributed by atoms with Gasteiger partial charge in [-0.15, -0.1) is 0 Å². The van der Waals surface area contributed by atoms with Gasteiger partial charge in [0.05, 0.1) is 5.41 Å². The number of methoxy groups -OCH3 is 1. The molecule has 1 fully saturated rings. The van der Waals surface area contributed by atoms with E-state index in [9.17, 15) is 9.90 Å². The molecule has 82 valence electrons. The van der Waals surface area contributed by atoms with Crippen LogP contribution in [-0.2, 0) is 9.53 Å². The topological polar surface area (TPSA) is 46.5 Å². The van der Waals surface area contributed by atoms with Crippen molar-refractivity contribution in [2.45, 2.75) is 39.0 Å². The zero-order chi connectivity index (χ0) is 10.6. The molecule has 0 spiro atoms. The minimum atomic E-state index is -0.638. The number of hydrogen-bond acceptors (Lipinski definition) is 2. The van der Waals surface area contributed by atoms with E-state index < -0.39 is 11.4 Å². The Balaban J connectivity index is 2.65. The van der Waals surface area contributed by atoms with Gasteiger partial charge in [0.2, 0.25) is 0 Å². The van der Waals surface area contributed by atoms with Crippen molar-refractivity contribution in [2.24, 2.45) is 11.3 Å². The van der Waals surface area contributed by atoms with Crippen molar-refractivity contribution in [3.63, 3.8) is 0 Å². The van der Waals surface area contributed by atoms with Crippen LogP contribution in [0.15, 0.2) is 0 Å². The maximum absolute atomic E-state index is 11.3. The van der Waals surface area contributed by atoms with Gasteiger partial charge < -0.3 is 9.84 Å². The van der Waals surface area contributed by atoms with Crippen LogP contribution in [0, 0.1) is 11.3 Å². The number of carboxylic acid groups (broad SMARTS) is 1. The molecule has 0 saturated heterocycles. The number of carboxylic acids is 1. The van der Waals surface area contributed by atoms with E-state index in [1.165, 1.54) is 6.42 Å². The van der Waals surface area contributed by atoms with Crippen LogP contribution in [0.4, 0.5) is 0 Å². The Morgan fingerprint density at radius 1 is 1.64 bits per heavy atom. The summed E-state index contributed by atoms with van der Waals surface area (Å²) in [4.78, 5) is 11.3. The Bertz CT molecular complexity index is 203. The molecule has 0 radical (unpaired) electrons. The Hall–Kier alpha value is -0.570. The molecule has 0 aliphatic heterocycles. The minimum absolute atomic E-state index is 0.506. The molecule has 2 unspecified atom stereocenters. The van der Waals surface area contributed by atoms with Crippen LogP contribution in [0.1, 0.15) is 39.0 Å². The summed E-state index contributed by atoms with van der Waals surface area (Å²) < 4.78 is 4.99. The number of rotatable bonds is 4. The van der Waals surface area contributed by atoms with E-state index in [0.717, 1.165) is 19.3 Å². The van der Waals surface area contributed by atoms with Crippen LogP contribution in [0.2, 0.25) is 0 Å². The Morgan fingerprint density at radius 2 is 2.36 bits per heavy atom. The van der Waals surface area contributed by atoms with Gasteiger partial charge in [-0.3, -0.25) is 4.79 Å². The monoisotopic (exact) mass is 200 g/mol. The molecule has 1 saturated carbocycles. The lowest BCUT2D eigenvalue weighted by Gasteiger charge is -2.36. The standard InChI is InChI=1S/C11H20O3/c1-9-4-3-5-11(8-9,10(12)13)6-7-14-2/h9H,3-8H2,1-2H3,(H,12,13). The van der Waals surface area contributed by atoms with Crippen molar-refractivity contribution >= 4 is 5.97 Å². The smallest absolute Gasteiger partial charge is 0.309 e. The van der Waals surface area contributed by atoms with Gasteiger partial charge in [0.15, 0.2) is 0 Å². The van der Waals surface area contributed by atoms with Crippen molar-refractivity contribution < 1.29 is 14.6 Å². The van der Waals surface area contributed by atoms with Gasteiger partial charge in [-0.2, -0.15) is 0 Å². The van der Waals surface area contributed by atoms with E-state index in [-0.39, 0.29) is 0 Å². The van der Waals surface area contributed by atoms with Crippen molar-refractivity contribution in [2.75, 3.05) is 13.7 Å². The number of aliphatic carboxylic acids is 1. The number of hydrogen-bond donors (Lipinski definition) is 1. The lowest BCUT2D eigenvalue weighted by Crippen LogP contribution is -2.36. The fourth-order valence-corrected chi connectivity index (χ4v) is 2.49. The molecule has 1 aliphatic carbocycles. The molecule has 1 rings (SSSR count). The molecule has 0 bridgehead atoms. The predicted molar refractivity (Wildman–Crippen MR) is 54.2 cm³/mol. The molecule has 2 atom stereocenters. The third kappa shape index (κ3) is 2.47. The summed E-state index contributed by atoms with van der Waals surface area (Å²) in [5, 5.41) is 9.28. The Labute approximate surface area is 85.5 Å². The summed E-state index contributed by atoms with van der Waals surface area (Å²) in [6, 6.07) is 0. The fraction of sp³-hybridized carbons (Fsp3) is 0.909. The van der Waals surface area contributed by atoms with Crippen LogP contribution in [0.5, 0.6) is 0 Å². The highest BCUT2D eigenvalue weighted by atomic mass is 16.5. The summed E-state index contributed by atoms with van der Waals surface area (Å²) in [7, 11) is 1.63. The van der Waals surface area contributed by atoms with E-state index in [4.69, 9.17) is 4.74 Å². The highest BCUT2D eigenvalue weighted by Gasteiger charge is 2.41. The first-order chi connectivity index (χ1) is 6.60. The normalized spacial score (nSPS) is 32.9. The van der Waals surface area contributed by atoms with Crippen molar-refractivity contribution in [1.82, 2.24) is 0 Å². The quantitative estimate of drug-likeness (QED) is 0.757. The zero-order valence-corrected chi connectivity index (χ0v) is 9.08. The highest BCUT2D eigenvalue weighted by Crippen LogP contribution is 2.42. The second-order valence-electron chi connectivity index (χ2n) is 4.53. The molecular weight excluding hydrogens is 180 g/mol. The van der Waals surface area contributed by atoms with Gasteiger partial charge in [-0.25, -0.2) is 0 Å². The lowest BCUT2D eigenvalue weighted by molar-refractivity contribution is -0.153. The van der Waals surface area contributed by atoms with Crippen LogP contribution in [0.3, 0.4) is 0 Å². The first-order valence-corrected chi connectivity index (χ1v) is 5.33. The second kappa shape index (κ2) is 4.78. The Kier molecular flexibility index (Phi) is 3.93. The summed E-state index contributed by atoms with van der Waals surface area (Å²) in [5.74, 6) is -0.0993. The number of carbonyl (C=O) groups is 1. The molecule has 0 aromatic carbocycles. The van der Waals surface area contributed by atoms with Crippen molar-refractivity contribution in [1.29, 1.82) is 0 Å².